The van der Waals surface area contributed by atoms with Crippen molar-refractivity contribution in [3.05, 3.63) is 115 Å². The predicted octanol–water partition coefficient (Wildman–Crippen LogP) is 4.66. The van der Waals surface area contributed by atoms with E-state index in [-0.39, 0.29) is 34.6 Å². The van der Waals surface area contributed by atoms with Gasteiger partial charge in [-0.1, -0.05) is 24.3 Å². The Balaban J connectivity index is 1.60. The van der Waals surface area contributed by atoms with Crippen LogP contribution in [0.15, 0.2) is 78.5 Å². The Morgan fingerprint density at radius 3 is 2.40 bits per heavy atom. The van der Waals surface area contributed by atoms with E-state index in [0.717, 1.165) is 22.5 Å². The van der Waals surface area contributed by atoms with Gasteiger partial charge < -0.3 is 19.7 Å². The lowest BCUT2D eigenvalue weighted by Crippen LogP contribution is -2.31. The van der Waals surface area contributed by atoms with Gasteiger partial charge in [-0.25, -0.2) is 0 Å². The van der Waals surface area contributed by atoms with Gasteiger partial charge in [0.1, 0.15) is 11.5 Å². The summed E-state index contributed by atoms with van der Waals surface area (Å²) in [4.78, 5) is 52.6. The number of Topliss-reactive ketones (excluding diaryl/α,β-unsaturated/α-hetero) is 1. The first-order valence-corrected chi connectivity index (χ1v) is 12.1. The zero-order valence-electron chi connectivity index (χ0n) is 21.1. The number of nitrogens with one attached hydrogen (secondary N) is 1. The molecular formula is C28H22N4O8. The monoisotopic (exact) mass is 542 g/mol. The molecule has 1 saturated heterocycles. The Morgan fingerprint density at radius 1 is 1.00 bits per heavy atom. The molecule has 0 aliphatic carbocycles. The molecule has 1 amide bonds. The van der Waals surface area contributed by atoms with E-state index in [1.165, 1.54) is 47.4 Å². The lowest BCUT2D eigenvalue weighted by atomic mass is 9.94. The average molecular weight is 543 g/mol. The number of ketones is 1. The molecule has 12 nitrogen and oxygen atoms in total. The topological polar surface area (TPSA) is 169 Å². The number of rotatable bonds is 8. The van der Waals surface area contributed by atoms with E-state index in [9.17, 15) is 34.9 Å². The molecule has 1 fully saturated rings. The first-order valence-electron chi connectivity index (χ1n) is 12.1. The van der Waals surface area contributed by atoms with Crippen LogP contribution < -0.4 is 4.74 Å². The molecule has 12 heteroatoms. The summed E-state index contributed by atoms with van der Waals surface area (Å²) in [6.07, 6.45) is 2.09. The van der Waals surface area contributed by atoms with E-state index in [4.69, 9.17) is 4.74 Å². The smallest absolute Gasteiger partial charge is 0.295 e. The molecule has 0 saturated carbocycles. The molecule has 2 heterocycles. The maximum absolute atomic E-state index is 13.3. The van der Waals surface area contributed by atoms with E-state index in [2.05, 4.69) is 4.98 Å². The number of nitro benzene ring substituents is 2. The minimum atomic E-state index is -1.17. The number of fused-ring (bicyclic) bond motifs is 1. The van der Waals surface area contributed by atoms with Gasteiger partial charge in [-0.05, 0) is 35.7 Å². The lowest BCUT2D eigenvalue weighted by Gasteiger charge is -2.25. The van der Waals surface area contributed by atoms with E-state index < -0.39 is 33.3 Å². The molecule has 2 N–H and O–H groups in total. The van der Waals surface area contributed by atoms with Gasteiger partial charge >= 0.3 is 0 Å². The third kappa shape index (κ3) is 4.62. The van der Waals surface area contributed by atoms with Crippen molar-refractivity contribution in [3.8, 4) is 5.75 Å². The number of nitro groups is 2. The minimum Gasteiger partial charge on any atom is -0.507 e. The quantitative estimate of drug-likeness (QED) is 0.106. The molecule has 4 aromatic rings. The van der Waals surface area contributed by atoms with Gasteiger partial charge in [0.15, 0.2) is 0 Å². The van der Waals surface area contributed by atoms with Gasteiger partial charge in [0.25, 0.3) is 23.1 Å². The van der Waals surface area contributed by atoms with Gasteiger partial charge in [0.05, 0.1) is 28.6 Å². The lowest BCUT2D eigenvalue weighted by molar-refractivity contribution is -0.385. The fraction of sp³-hybridized carbons (Fsp3) is 0.143. The highest BCUT2D eigenvalue weighted by molar-refractivity contribution is 6.46. The number of non-ortho nitro benzene ring substituents is 2. The van der Waals surface area contributed by atoms with Crippen LogP contribution in [0.5, 0.6) is 5.75 Å². The minimum absolute atomic E-state index is 0.0355. The molecule has 1 aromatic heterocycles. The number of aliphatic hydroxyl groups excluding tert-OH is 1. The predicted molar refractivity (Wildman–Crippen MR) is 144 cm³/mol. The van der Waals surface area contributed by atoms with Crippen LogP contribution in [0.1, 0.15) is 22.7 Å². The molecule has 40 heavy (non-hydrogen) atoms. The standard InChI is InChI=1S/C28H22N4O8/c1-40-21-8-9-23-22(14-21)18(15-29-23)10-11-30-25(16-4-2-6-19(12-16)31(36)37)24(27(34)28(30)35)26(33)17-5-3-7-20(13-17)32(38)39/h2-9,12-15,25,29,33H,10-11H2,1H3/t25-/m0/s1. The number of likely N-dealkylation sites (tertiary alicyclic amines) is 1. The van der Waals surface area contributed by atoms with Crippen molar-refractivity contribution < 1.29 is 29.3 Å². The SMILES string of the molecule is COc1ccc2[nH]cc(CCN3C(=O)C(=O)C(=C(O)c4cccc([N+](=O)[O-])c4)[C@@H]3c3cccc([N+](=O)[O-])c3)c2c1. The number of aromatic amines is 1. The zero-order chi connectivity index (χ0) is 28.6. The molecular weight excluding hydrogens is 520 g/mol. The zero-order valence-corrected chi connectivity index (χ0v) is 21.1. The Kier molecular flexibility index (Phi) is 6.74. The highest BCUT2D eigenvalue weighted by Gasteiger charge is 2.46. The van der Waals surface area contributed by atoms with Crippen molar-refractivity contribution in [2.24, 2.45) is 0 Å². The summed E-state index contributed by atoms with van der Waals surface area (Å²) >= 11 is 0. The van der Waals surface area contributed by atoms with Gasteiger partial charge in [-0.3, -0.25) is 29.8 Å². The number of nitrogens with zero attached hydrogens (tertiary/aromatic N) is 3. The van der Waals surface area contributed by atoms with Crippen molar-refractivity contribution in [2.75, 3.05) is 13.7 Å². The van der Waals surface area contributed by atoms with Crippen molar-refractivity contribution in [2.45, 2.75) is 12.5 Å². The molecule has 0 unspecified atom stereocenters. The van der Waals surface area contributed by atoms with Gasteiger partial charge in [0.2, 0.25) is 0 Å². The summed E-state index contributed by atoms with van der Waals surface area (Å²) in [5.74, 6) is -1.87. The van der Waals surface area contributed by atoms with Crippen LogP contribution in [0.3, 0.4) is 0 Å². The molecule has 3 aromatic carbocycles. The summed E-state index contributed by atoms with van der Waals surface area (Å²) < 4.78 is 5.31. The second kappa shape index (κ2) is 10.3. The number of hydrogen-bond acceptors (Lipinski definition) is 8. The maximum Gasteiger partial charge on any atom is 0.295 e. The molecule has 0 bridgehead atoms. The molecule has 5 rings (SSSR count). The van der Waals surface area contributed by atoms with Gasteiger partial charge in [-0.15, -0.1) is 0 Å². The maximum atomic E-state index is 13.3. The third-order valence-electron chi connectivity index (χ3n) is 6.86. The van der Waals surface area contributed by atoms with E-state index in [1.54, 1.807) is 19.4 Å². The molecule has 1 aliphatic heterocycles. The van der Waals surface area contributed by atoms with Crippen LogP contribution in [0.2, 0.25) is 0 Å². The largest absolute Gasteiger partial charge is 0.507 e. The van der Waals surface area contributed by atoms with E-state index in [0.29, 0.717) is 12.2 Å². The molecule has 0 spiro atoms. The highest BCUT2D eigenvalue weighted by Crippen LogP contribution is 2.41. The second-order valence-electron chi connectivity index (χ2n) is 9.13. The van der Waals surface area contributed by atoms with Crippen molar-refractivity contribution in [3.63, 3.8) is 0 Å². The number of H-pyrrole nitrogens is 1. The van der Waals surface area contributed by atoms with Gasteiger partial charge in [0, 0.05) is 53.5 Å². The van der Waals surface area contributed by atoms with E-state index in [1.807, 2.05) is 12.1 Å². The van der Waals surface area contributed by atoms with Crippen molar-refractivity contribution >= 4 is 39.7 Å². The summed E-state index contributed by atoms with van der Waals surface area (Å²) in [6, 6.07) is 14.8. The van der Waals surface area contributed by atoms with Gasteiger partial charge in [-0.2, -0.15) is 0 Å². The van der Waals surface area contributed by atoms with Crippen LogP contribution in [0.4, 0.5) is 11.4 Å². The number of aromatic nitrogens is 1. The summed E-state index contributed by atoms with van der Waals surface area (Å²) in [6.45, 7) is 0.0355. The fourth-order valence-electron chi connectivity index (χ4n) is 4.92. The molecule has 1 aliphatic rings. The van der Waals surface area contributed by atoms with Crippen molar-refractivity contribution in [1.29, 1.82) is 0 Å². The summed E-state index contributed by atoms with van der Waals surface area (Å²) in [5.41, 5.74) is 0.993. The third-order valence-corrected chi connectivity index (χ3v) is 6.86. The number of ether oxygens (including phenoxy) is 1. The number of amides is 1. The summed E-state index contributed by atoms with van der Waals surface area (Å²) in [7, 11) is 1.55. The Morgan fingerprint density at radius 2 is 1.70 bits per heavy atom. The number of aliphatic hydroxyl groups is 1. The summed E-state index contributed by atoms with van der Waals surface area (Å²) in [5, 5.41) is 34.8. The first kappa shape index (κ1) is 26.1. The Hall–Kier alpha value is -5.52. The van der Waals surface area contributed by atoms with Crippen molar-refractivity contribution in [1.82, 2.24) is 9.88 Å². The molecule has 0 radical (unpaired) electrons. The van der Waals surface area contributed by atoms with Crippen LogP contribution >= 0.6 is 0 Å². The number of carbonyl (C=O) groups is 2. The molecule has 202 valence electrons. The number of carbonyl (C=O) groups excluding carboxylic acids is 2. The Bertz CT molecular complexity index is 1720. The van der Waals surface area contributed by atoms with E-state index >= 15 is 0 Å². The normalized spacial score (nSPS) is 16.4. The first-order chi connectivity index (χ1) is 19.2. The molecule has 1 atom stereocenters. The number of hydrogen-bond donors (Lipinski definition) is 2. The highest BCUT2D eigenvalue weighted by atomic mass is 16.6. The Labute approximate surface area is 226 Å². The van der Waals surface area contributed by atoms with Crippen LogP contribution in [0.25, 0.3) is 16.7 Å². The second-order valence-corrected chi connectivity index (χ2v) is 9.13. The van der Waals surface area contributed by atoms with Crippen LogP contribution in [-0.2, 0) is 16.0 Å². The number of benzene rings is 3. The number of methoxy groups -OCH3 is 1. The van der Waals surface area contributed by atoms with Crippen LogP contribution in [0, 0.1) is 20.2 Å². The average Bonchev–Trinajstić information content (AvgIpc) is 3.48. The van der Waals surface area contributed by atoms with Crippen LogP contribution in [-0.4, -0.2) is 50.2 Å². The fourth-order valence-corrected chi connectivity index (χ4v) is 4.92.